The number of amides is 1. The third-order valence-corrected chi connectivity index (χ3v) is 7.00. The predicted octanol–water partition coefficient (Wildman–Crippen LogP) is 7.14. The second-order valence-electron chi connectivity index (χ2n) is 9.78. The number of hydrogen-bond acceptors (Lipinski definition) is 7. The van der Waals surface area contributed by atoms with Gasteiger partial charge in [-0.2, -0.15) is 10.4 Å². The van der Waals surface area contributed by atoms with E-state index in [9.17, 15) is 10.1 Å². The second kappa shape index (κ2) is 13.7. The molecule has 0 radical (unpaired) electrons. The molecule has 0 saturated carbocycles. The number of nitriles is 1. The number of hydrazone groups is 1. The Labute approximate surface area is 259 Å². The lowest BCUT2D eigenvalue weighted by Gasteiger charge is -2.14. The van der Waals surface area contributed by atoms with Gasteiger partial charge in [-0.05, 0) is 74.5 Å². The van der Waals surface area contributed by atoms with Crippen LogP contribution in [0.2, 0.25) is 5.02 Å². The summed E-state index contributed by atoms with van der Waals surface area (Å²) in [6, 6.07) is 27.7. The molecule has 0 atom stereocenters. The van der Waals surface area contributed by atoms with Crippen LogP contribution in [-0.4, -0.2) is 23.8 Å². The van der Waals surface area contributed by atoms with E-state index in [4.69, 9.17) is 30.2 Å². The predicted molar refractivity (Wildman–Crippen MR) is 167 cm³/mol. The van der Waals surface area contributed by atoms with Gasteiger partial charge in [0.15, 0.2) is 17.3 Å². The van der Waals surface area contributed by atoms with E-state index in [0.717, 1.165) is 17.1 Å². The van der Waals surface area contributed by atoms with Gasteiger partial charge in [0.2, 0.25) is 0 Å². The van der Waals surface area contributed by atoms with Crippen LogP contribution in [0.3, 0.4) is 0 Å². The summed E-state index contributed by atoms with van der Waals surface area (Å²) in [5.74, 6) is 1.41. The zero-order valence-electron chi connectivity index (χ0n) is 24.3. The highest BCUT2D eigenvalue weighted by Gasteiger charge is 2.15. The standard InChI is InChI=1S/C34H29ClN4O5/c1-22-8-9-23(2)39(22)28-10-12-29(13-11-28)42-21-30-14-15-31(44-30)34(40)38-37-19-26-16-27(35)17-32(41-3)33(26)43-20-25-7-5-4-6-24(25)18-36/h4-17,19H,20-21H2,1-3H3,(H,38,40). The fraction of sp³-hybridized carbons (Fsp3) is 0.147. The maximum Gasteiger partial charge on any atom is 0.307 e. The van der Waals surface area contributed by atoms with Crippen molar-refractivity contribution in [3.05, 3.63) is 130 Å². The Morgan fingerprint density at radius 2 is 1.75 bits per heavy atom. The van der Waals surface area contributed by atoms with Crippen molar-refractivity contribution < 1.29 is 23.4 Å². The third-order valence-electron chi connectivity index (χ3n) is 6.78. The van der Waals surface area contributed by atoms with Crippen LogP contribution in [0.4, 0.5) is 0 Å². The first-order valence-electron chi connectivity index (χ1n) is 13.6. The Kier molecular flexibility index (Phi) is 9.33. The largest absolute Gasteiger partial charge is 0.493 e. The summed E-state index contributed by atoms with van der Waals surface area (Å²) >= 11 is 6.27. The molecule has 2 aromatic heterocycles. The molecule has 5 aromatic rings. The van der Waals surface area contributed by atoms with E-state index < -0.39 is 5.91 Å². The molecule has 1 N–H and O–H groups in total. The number of carbonyl (C=O) groups is 1. The lowest BCUT2D eigenvalue weighted by Crippen LogP contribution is -2.17. The highest BCUT2D eigenvalue weighted by molar-refractivity contribution is 6.31. The molecule has 0 aliphatic carbocycles. The molecule has 0 aliphatic heterocycles. The monoisotopic (exact) mass is 608 g/mol. The summed E-state index contributed by atoms with van der Waals surface area (Å²) in [5, 5.41) is 13.8. The van der Waals surface area contributed by atoms with Crippen LogP contribution in [0.15, 0.2) is 94.4 Å². The van der Waals surface area contributed by atoms with Crippen LogP contribution >= 0.6 is 11.6 Å². The number of hydrogen-bond donors (Lipinski definition) is 1. The summed E-state index contributed by atoms with van der Waals surface area (Å²) in [5.41, 5.74) is 7.48. The van der Waals surface area contributed by atoms with Crippen molar-refractivity contribution in [2.75, 3.05) is 7.11 Å². The van der Waals surface area contributed by atoms with Crippen molar-refractivity contribution in [3.63, 3.8) is 0 Å². The molecule has 3 aromatic carbocycles. The fourth-order valence-corrected chi connectivity index (χ4v) is 4.83. The molecule has 44 heavy (non-hydrogen) atoms. The van der Waals surface area contributed by atoms with Crippen LogP contribution in [0.1, 0.15) is 44.4 Å². The molecule has 0 aliphatic rings. The number of rotatable bonds is 11. The van der Waals surface area contributed by atoms with Gasteiger partial charge >= 0.3 is 5.91 Å². The van der Waals surface area contributed by atoms with Crippen LogP contribution in [0.25, 0.3) is 5.69 Å². The Morgan fingerprint density at radius 1 is 1.00 bits per heavy atom. The first kappa shape index (κ1) is 30.0. The van der Waals surface area contributed by atoms with Crippen molar-refractivity contribution in [1.29, 1.82) is 5.26 Å². The zero-order valence-corrected chi connectivity index (χ0v) is 25.1. The molecule has 222 valence electrons. The van der Waals surface area contributed by atoms with E-state index in [2.05, 4.69) is 47.1 Å². The molecular formula is C34H29ClN4O5. The van der Waals surface area contributed by atoms with Gasteiger partial charge < -0.3 is 23.2 Å². The molecule has 0 spiro atoms. The van der Waals surface area contributed by atoms with Crippen molar-refractivity contribution >= 4 is 23.7 Å². The lowest BCUT2D eigenvalue weighted by atomic mass is 10.1. The highest BCUT2D eigenvalue weighted by Crippen LogP contribution is 2.34. The molecule has 5 rings (SSSR count). The average molecular weight is 609 g/mol. The summed E-state index contributed by atoms with van der Waals surface area (Å²) < 4.78 is 25.1. The number of ether oxygens (including phenoxy) is 3. The highest BCUT2D eigenvalue weighted by atomic mass is 35.5. The number of nitrogens with zero attached hydrogens (tertiary/aromatic N) is 3. The molecule has 10 heteroatoms. The van der Waals surface area contributed by atoms with Gasteiger partial charge in [-0.1, -0.05) is 29.8 Å². The summed E-state index contributed by atoms with van der Waals surface area (Å²) in [6.45, 7) is 4.39. The van der Waals surface area contributed by atoms with E-state index in [1.54, 1.807) is 42.5 Å². The maximum absolute atomic E-state index is 12.7. The van der Waals surface area contributed by atoms with Crippen molar-refractivity contribution in [2.24, 2.45) is 5.10 Å². The summed E-state index contributed by atoms with van der Waals surface area (Å²) in [7, 11) is 1.49. The average Bonchev–Trinajstić information content (AvgIpc) is 3.65. The SMILES string of the molecule is COc1cc(Cl)cc(C=NNC(=O)c2ccc(COc3ccc(-n4c(C)ccc4C)cc3)o2)c1OCc1ccccc1C#N. The molecule has 2 heterocycles. The fourth-order valence-electron chi connectivity index (χ4n) is 4.61. The van der Waals surface area contributed by atoms with E-state index in [-0.39, 0.29) is 19.0 Å². The topological polar surface area (TPSA) is 111 Å². The van der Waals surface area contributed by atoms with Gasteiger partial charge in [0, 0.05) is 39.3 Å². The Bertz CT molecular complexity index is 1830. The third kappa shape index (κ3) is 6.94. The first-order chi connectivity index (χ1) is 21.4. The van der Waals surface area contributed by atoms with E-state index in [1.165, 1.54) is 13.3 Å². The van der Waals surface area contributed by atoms with Crippen LogP contribution < -0.4 is 19.6 Å². The molecule has 0 unspecified atom stereocenters. The number of furan rings is 1. The number of nitrogens with one attached hydrogen (secondary N) is 1. The van der Waals surface area contributed by atoms with Gasteiger partial charge in [0.1, 0.15) is 24.7 Å². The Hall–Kier alpha value is -5.46. The molecular weight excluding hydrogens is 580 g/mol. The number of halogens is 1. The number of aromatic nitrogens is 1. The van der Waals surface area contributed by atoms with Crippen LogP contribution in [-0.2, 0) is 13.2 Å². The minimum Gasteiger partial charge on any atom is -0.493 e. The molecule has 0 saturated heterocycles. The molecule has 0 fully saturated rings. The Balaban J connectivity index is 1.20. The van der Waals surface area contributed by atoms with Crippen LogP contribution in [0.5, 0.6) is 17.2 Å². The van der Waals surface area contributed by atoms with Gasteiger partial charge in [-0.3, -0.25) is 4.79 Å². The van der Waals surface area contributed by atoms with Gasteiger partial charge in [0.25, 0.3) is 0 Å². The quantitative estimate of drug-likeness (QED) is 0.126. The summed E-state index contributed by atoms with van der Waals surface area (Å²) in [6.07, 6.45) is 1.39. The zero-order chi connectivity index (χ0) is 31.1. The van der Waals surface area contributed by atoms with E-state index in [0.29, 0.717) is 44.7 Å². The molecule has 9 nitrogen and oxygen atoms in total. The van der Waals surface area contributed by atoms with E-state index in [1.807, 2.05) is 30.3 Å². The lowest BCUT2D eigenvalue weighted by molar-refractivity contribution is 0.0923. The van der Waals surface area contributed by atoms with Crippen molar-refractivity contribution in [1.82, 2.24) is 9.99 Å². The van der Waals surface area contributed by atoms with Gasteiger partial charge in [0.05, 0.1) is 25.0 Å². The number of methoxy groups -OCH3 is 1. The van der Waals surface area contributed by atoms with E-state index >= 15 is 0 Å². The summed E-state index contributed by atoms with van der Waals surface area (Å²) in [4.78, 5) is 12.7. The number of benzene rings is 3. The second-order valence-corrected chi connectivity index (χ2v) is 10.2. The van der Waals surface area contributed by atoms with Gasteiger partial charge in [-0.15, -0.1) is 0 Å². The smallest absolute Gasteiger partial charge is 0.307 e. The van der Waals surface area contributed by atoms with Gasteiger partial charge in [-0.25, -0.2) is 5.43 Å². The van der Waals surface area contributed by atoms with Crippen LogP contribution in [0, 0.1) is 25.2 Å². The number of aryl methyl sites for hydroxylation is 2. The van der Waals surface area contributed by atoms with Crippen molar-refractivity contribution in [3.8, 4) is 29.0 Å². The number of carbonyl (C=O) groups excluding carboxylic acids is 1. The Morgan fingerprint density at radius 3 is 2.48 bits per heavy atom. The van der Waals surface area contributed by atoms with Crippen molar-refractivity contribution in [2.45, 2.75) is 27.1 Å². The molecule has 0 bridgehead atoms. The molecule has 1 amide bonds. The minimum atomic E-state index is -0.547. The first-order valence-corrected chi connectivity index (χ1v) is 14.0. The normalized spacial score (nSPS) is 10.9. The maximum atomic E-state index is 12.7. The minimum absolute atomic E-state index is 0.0721.